The van der Waals surface area contributed by atoms with Gasteiger partial charge >= 0.3 is 22.8 Å². The molecule has 4 rings (SSSR count). The van der Waals surface area contributed by atoms with E-state index in [2.05, 4.69) is 9.97 Å². The molecule has 0 radical (unpaired) electrons. The molecule has 2 fully saturated rings. The van der Waals surface area contributed by atoms with E-state index in [0.717, 1.165) is 24.2 Å². The van der Waals surface area contributed by atoms with Crippen molar-refractivity contribution in [2.75, 3.05) is 5.73 Å². The smallest absolute Gasteiger partial charge is 0.311 e. The molecule has 47 heavy (non-hydrogen) atoms. The molecule has 8 atom stereocenters. The van der Waals surface area contributed by atoms with E-state index in [1.807, 2.05) is 27.7 Å². The number of esters is 3. The molecular weight excluding hydrogens is 636 g/mol. The number of nitrogens with two attached hydrogens (primary N) is 1. The number of carbonyl (C=O) groups excluding carboxylic acids is 3. The Hall–Kier alpha value is -3.18. The van der Waals surface area contributed by atoms with Crippen molar-refractivity contribution in [3.8, 4) is 0 Å². The first-order valence-corrected chi connectivity index (χ1v) is 16.5. The van der Waals surface area contributed by atoms with Gasteiger partial charge in [0.05, 0.1) is 23.1 Å². The van der Waals surface area contributed by atoms with E-state index >= 15 is 0 Å². The third-order valence-corrected chi connectivity index (χ3v) is 8.60. The number of nitrogens with zero attached hydrogens (tertiary/aromatic N) is 3. The summed E-state index contributed by atoms with van der Waals surface area (Å²) in [4.78, 5) is 54.2. The van der Waals surface area contributed by atoms with Crippen molar-refractivity contribution in [3.63, 3.8) is 0 Å². The van der Waals surface area contributed by atoms with Gasteiger partial charge < -0.3 is 38.9 Å². The van der Waals surface area contributed by atoms with Crippen molar-refractivity contribution in [1.29, 1.82) is 0 Å². The van der Waals surface area contributed by atoms with Crippen LogP contribution in [0.4, 0.5) is 5.95 Å². The predicted octanol–water partition coefficient (Wildman–Crippen LogP) is 4.07. The highest BCUT2D eigenvalue weighted by molar-refractivity contribution is 7.16. The molecule has 2 N–H and O–H groups in total. The van der Waals surface area contributed by atoms with Gasteiger partial charge in [0.2, 0.25) is 23.8 Å². The third-order valence-electron chi connectivity index (χ3n) is 7.72. The number of aromatic nitrogens is 3. The summed E-state index contributed by atoms with van der Waals surface area (Å²) in [6.07, 6.45) is 0.402. The lowest BCUT2D eigenvalue weighted by Crippen LogP contribution is -2.42. The molecule has 0 bridgehead atoms. The van der Waals surface area contributed by atoms with Crippen molar-refractivity contribution in [3.05, 3.63) is 15.9 Å². The molecule has 0 spiro atoms. The second-order valence-electron chi connectivity index (χ2n) is 12.6. The van der Waals surface area contributed by atoms with E-state index in [9.17, 15) is 19.2 Å². The van der Waals surface area contributed by atoms with Crippen LogP contribution in [0, 0.1) is 11.8 Å². The molecule has 0 aromatic carbocycles. The van der Waals surface area contributed by atoms with E-state index in [-0.39, 0.29) is 34.9 Å². The second-order valence-corrected chi connectivity index (χ2v) is 13.6. The van der Waals surface area contributed by atoms with Crippen molar-refractivity contribution in [2.24, 2.45) is 11.8 Å². The molecule has 2 aliphatic rings. The van der Waals surface area contributed by atoms with Crippen molar-refractivity contribution in [1.82, 2.24) is 14.5 Å². The lowest BCUT2D eigenvalue weighted by Gasteiger charge is -2.32. The Bertz CT molecular complexity index is 1470. The SMILES string of the molecule is CC[C@H]1OC(OC(C)=O)[C@H](OC(C)(C)OC(C)=O)[C@@H]1C.CC[C@H]1O[C@@H](n2c(=O)sc3cnc(N)nc32)[C@H](OC(C)(C)OC(C)=O)[C@@H]1C. The monoisotopic (exact) mass is 684 g/mol. The Kier molecular flexibility index (Phi) is 12.5. The summed E-state index contributed by atoms with van der Waals surface area (Å²) in [6, 6.07) is 0. The Labute approximate surface area is 278 Å². The van der Waals surface area contributed by atoms with Gasteiger partial charge in [-0.3, -0.25) is 23.7 Å². The molecule has 2 aliphatic heterocycles. The number of rotatable bonds is 10. The van der Waals surface area contributed by atoms with Gasteiger partial charge in [-0.15, -0.1) is 0 Å². The number of carbonyl (C=O) groups is 3. The summed E-state index contributed by atoms with van der Waals surface area (Å²) in [7, 11) is 0. The van der Waals surface area contributed by atoms with Gasteiger partial charge in [0.1, 0.15) is 12.2 Å². The van der Waals surface area contributed by atoms with Crippen LogP contribution in [-0.4, -0.2) is 74.7 Å². The molecule has 15 nitrogen and oxygen atoms in total. The molecule has 16 heteroatoms. The Morgan fingerprint density at radius 2 is 1.40 bits per heavy atom. The zero-order valence-electron chi connectivity index (χ0n) is 28.9. The number of fused-ring (bicyclic) bond motifs is 1. The Morgan fingerprint density at radius 1 is 0.894 bits per heavy atom. The van der Waals surface area contributed by atoms with E-state index in [0.29, 0.717) is 10.3 Å². The minimum absolute atomic E-state index is 0.0270. The topological polar surface area (TPSA) is 190 Å². The van der Waals surface area contributed by atoms with Gasteiger partial charge in [0.15, 0.2) is 11.9 Å². The normalized spacial score (nSPS) is 27.6. The zero-order chi connectivity index (χ0) is 35.4. The van der Waals surface area contributed by atoms with Crippen LogP contribution in [0.5, 0.6) is 0 Å². The molecule has 4 heterocycles. The van der Waals surface area contributed by atoms with Crippen LogP contribution in [0.1, 0.15) is 95.2 Å². The van der Waals surface area contributed by atoms with Crippen molar-refractivity contribution in [2.45, 2.75) is 138 Å². The number of ether oxygens (including phenoxy) is 7. The maximum atomic E-state index is 12.7. The molecular formula is C31H48N4O11S. The van der Waals surface area contributed by atoms with E-state index in [1.54, 1.807) is 27.7 Å². The molecule has 0 saturated carbocycles. The van der Waals surface area contributed by atoms with Crippen LogP contribution in [0.3, 0.4) is 0 Å². The van der Waals surface area contributed by atoms with Crippen LogP contribution in [0.15, 0.2) is 11.0 Å². The number of hydrogen-bond donors (Lipinski definition) is 1. The average molecular weight is 685 g/mol. The first kappa shape index (κ1) is 38.3. The van der Waals surface area contributed by atoms with Crippen LogP contribution in [0.25, 0.3) is 10.3 Å². The van der Waals surface area contributed by atoms with Gasteiger partial charge in [-0.25, -0.2) is 4.98 Å². The Morgan fingerprint density at radius 3 is 1.91 bits per heavy atom. The average Bonchev–Trinajstić information content (AvgIpc) is 3.52. The molecule has 1 unspecified atom stereocenters. The van der Waals surface area contributed by atoms with E-state index in [1.165, 1.54) is 31.5 Å². The van der Waals surface area contributed by atoms with E-state index in [4.69, 9.17) is 38.9 Å². The fourth-order valence-electron chi connectivity index (χ4n) is 5.88. The van der Waals surface area contributed by atoms with Gasteiger partial charge in [-0.05, 0) is 12.8 Å². The van der Waals surface area contributed by atoms with Gasteiger partial charge in [-0.2, -0.15) is 4.98 Å². The second kappa shape index (κ2) is 15.4. The third kappa shape index (κ3) is 9.69. The van der Waals surface area contributed by atoms with Crippen LogP contribution >= 0.6 is 11.3 Å². The van der Waals surface area contributed by atoms with Crippen molar-refractivity contribution < 1.29 is 47.5 Å². The van der Waals surface area contributed by atoms with Crippen LogP contribution < -0.4 is 10.6 Å². The van der Waals surface area contributed by atoms with Crippen LogP contribution in [0.2, 0.25) is 0 Å². The fraction of sp³-hybridized carbons (Fsp3) is 0.742. The lowest BCUT2D eigenvalue weighted by atomic mass is 9.98. The maximum absolute atomic E-state index is 12.7. The summed E-state index contributed by atoms with van der Waals surface area (Å²) in [5.41, 5.74) is 6.12. The molecule has 0 aliphatic carbocycles. The minimum atomic E-state index is -1.17. The van der Waals surface area contributed by atoms with Crippen molar-refractivity contribution >= 4 is 45.5 Å². The first-order valence-electron chi connectivity index (χ1n) is 15.7. The molecule has 2 aromatic rings. The fourth-order valence-corrected chi connectivity index (χ4v) is 6.70. The predicted molar refractivity (Wildman–Crippen MR) is 171 cm³/mol. The molecule has 0 amide bonds. The largest absolute Gasteiger partial charge is 0.434 e. The standard InChI is InChI=1S/C17H24N4O5S.C14H24O6/c1-6-10-8(2)12(26-17(4,5)25-9(3)22)14(24-10)21-13-11(27-16(21)23)7-19-15(18)20-13;1-7-11-8(2)12(13(18-11)17-9(3)15)20-14(5,6)19-10(4)16/h7-8,10,12,14H,6H2,1-5H3,(H2,18,19,20);8,11-13H,7H2,1-6H3/t8-,10-,12-,14-;8-,11-,12-,13?/m11/s1. The molecule has 2 saturated heterocycles. The highest BCUT2D eigenvalue weighted by Gasteiger charge is 2.48. The highest BCUT2D eigenvalue weighted by Crippen LogP contribution is 2.40. The van der Waals surface area contributed by atoms with Gasteiger partial charge in [-0.1, -0.05) is 39.0 Å². The van der Waals surface area contributed by atoms with Gasteiger partial charge in [0.25, 0.3) is 0 Å². The molecule has 264 valence electrons. The summed E-state index contributed by atoms with van der Waals surface area (Å²) < 4.78 is 41.4. The minimum Gasteiger partial charge on any atom is -0.434 e. The van der Waals surface area contributed by atoms with Crippen LogP contribution in [-0.2, 0) is 47.5 Å². The highest BCUT2D eigenvalue weighted by atomic mass is 32.1. The Balaban J connectivity index is 0.000000268. The van der Waals surface area contributed by atoms with E-state index < -0.39 is 54.2 Å². The maximum Gasteiger partial charge on any atom is 0.311 e. The zero-order valence-corrected chi connectivity index (χ0v) is 29.7. The van der Waals surface area contributed by atoms with Gasteiger partial charge in [0, 0.05) is 60.3 Å². The summed E-state index contributed by atoms with van der Waals surface area (Å²) in [5.74, 6) is -3.52. The first-order chi connectivity index (χ1) is 21.8. The lowest BCUT2D eigenvalue weighted by molar-refractivity contribution is -0.262. The quantitative estimate of drug-likeness (QED) is 0.214. The summed E-state index contributed by atoms with van der Waals surface area (Å²) >= 11 is 1.02. The summed E-state index contributed by atoms with van der Waals surface area (Å²) in [6.45, 7) is 18.5. The number of thiazole rings is 1. The number of nitrogen functional groups attached to an aromatic ring is 1. The number of hydrogen-bond acceptors (Lipinski definition) is 15. The number of anilines is 1. The summed E-state index contributed by atoms with van der Waals surface area (Å²) in [5, 5.41) is 0. The molecule has 2 aromatic heterocycles.